The number of ether oxygens (including phenoxy) is 8. The van der Waals surface area contributed by atoms with Crippen LogP contribution in [0.2, 0.25) is 0 Å². The molecule has 7 N–H and O–H groups in total. The number of nitrogens with zero attached hydrogens (tertiary/aromatic N) is 2. The molecule has 5 aliphatic heterocycles. The number of hydrogen-bond donors (Lipinski definition) is 7. The largest absolute Gasteiger partial charge is 0.508 e. The monoisotopic (exact) mass is 1060 g/mol. The van der Waals surface area contributed by atoms with Crippen LogP contribution in [0.5, 0.6) is 92.0 Å². The average molecular weight is 1070 g/mol. The summed E-state index contributed by atoms with van der Waals surface area (Å²) in [5.41, 5.74) is 7.48. The van der Waals surface area contributed by atoms with E-state index >= 15 is 0 Å². The highest BCUT2D eigenvalue weighted by Crippen LogP contribution is 2.52. The second kappa shape index (κ2) is 21.6. The van der Waals surface area contributed by atoms with Gasteiger partial charge in [-0.1, -0.05) is 24.3 Å². The van der Waals surface area contributed by atoms with Crippen molar-refractivity contribution < 1.29 is 78.4 Å². The van der Waals surface area contributed by atoms with Gasteiger partial charge in [0.25, 0.3) is 0 Å². The van der Waals surface area contributed by atoms with Gasteiger partial charge in [-0.25, -0.2) is 4.79 Å². The number of esters is 1. The van der Waals surface area contributed by atoms with E-state index in [1.807, 2.05) is 18.2 Å². The molecule has 4 unspecified atom stereocenters. The maximum Gasteiger partial charge on any atom is 0.338 e. The molecule has 0 spiro atoms. The highest BCUT2D eigenvalue weighted by Gasteiger charge is 2.38. The zero-order valence-electron chi connectivity index (χ0n) is 43.8. The number of rotatable bonds is 7. The maximum absolute atomic E-state index is 12.7. The maximum atomic E-state index is 12.7. The highest BCUT2D eigenvalue weighted by atomic mass is 16.6. The molecule has 6 bridgehead atoms. The molecule has 4 atom stereocenters. The van der Waals surface area contributed by atoms with Crippen LogP contribution in [0.4, 0.5) is 0 Å². The van der Waals surface area contributed by atoms with Crippen LogP contribution in [0.3, 0.4) is 0 Å². The minimum absolute atomic E-state index is 0.000437. The van der Waals surface area contributed by atoms with Crippen LogP contribution >= 0.6 is 0 Å². The molecule has 5 aliphatic rings. The molecule has 18 heteroatoms. The van der Waals surface area contributed by atoms with Gasteiger partial charge in [0.05, 0.1) is 34.0 Å². The molecule has 0 aromatic heterocycles. The molecule has 0 saturated heterocycles. The first kappa shape index (κ1) is 52.6. The third kappa shape index (κ3) is 10.3. The van der Waals surface area contributed by atoms with Crippen LogP contribution in [-0.4, -0.2) is 113 Å². The summed E-state index contributed by atoms with van der Waals surface area (Å²) in [6, 6.07) is 29.3. The van der Waals surface area contributed by atoms with Gasteiger partial charge in [-0.15, -0.1) is 0 Å². The van der Waals surface area contributed by atoms with Crippen LogP contribution in [0.15, 0.2) is 103 Å². The number of methoxy groups -OCH3 is 4. The SMILES string of the molecule is COc1ccc2cc1Oc1ccc(cc1)CC1c3cc(c(OC)cc3CCN1C)Oc1c(OC)c(OC)cc3c1C(C2)N(C)CC3.O=C(OC1Cc2c(O)cc(O)cc2OC1c1ccc(O)c(O)c1)c1cc(O)c(O)c(O)c1. The Morgan fingerprint density at radius 1 is 0.564 bits per heavy atom. The summed E-state index contributed by atoms with van der Waals surface area (Å²) in [6.07, 6.45) is 1.25. The fraction of sp³-hybridized carbons (Fsp3) is 0.283. The highest BCUT2D eigenvalue weighted by molar-refractivity contribution is 5.91. The molecule has 0 saturated carbocycles. The predicted octanol–water partition coefficient (Wildman–Crippen LogP) is 9.69. The third-order valence-corrected chi connectivity index (χ3v) is 14.9. The summed E-state index contributed by atoms with van der Waals surface area (Å²) in [5, 5.41) is 68.2. The smallest absolute Gasteiger partial charge is 0.338 e. The van der Waals surface area contributed by atoms with Crippen LogP contribution in [0.1, 0.15) is 73.1 Å². The van der Waals surface area contributed by atoms with Gasteiger partial charge in [0.1, 0.15) is 29.1 Å². The summed E-state index contributed by atoms with van der Waals surface area (Å²) < 4.78 is 48.5. The molecular formula is C60H60N2O16. The van der Waals surface area contributed by atoms with E-state index in [2.05, 4.69) is 66.4 Å². The Morgan fingerprint density at radius 3 is 1.91 bits per heavy atom. The second-order valence-corrected chi connectivity index (χ2v) is 19.7. The molecule has 406 valence electrons. The van der Waals surface area contributed by atoms with Gasteiger partial charge < -0.3 is 73.6 Å². The standard InChI is InChI=1S/C38H42N2O6.C22H18O10/c1-39-15-13-25-20-32(42-4)34-22-28(25)29(39)17-23-7-10-27(11-8-23)45-33-19-24(9-12-31(33)41-3)18-30-36-26(14-16-40(30)2)21-35(43-5)37(44-6)38(36)46-34;23-11-6-14(25)12-8-19(32-22(30)10-4-16(27)20(29)17(28)5-10)21(31-18(12)7-11)9-1-2-13(24)15(26)3-9/h7-12,19-22,29-30H,13-18H2,1-6H3;1-7,19,21,23-29H,8H2. The first-order valence-corrected chi connectivity index (χ1v) is 25.2. The lowest BCUT2D eigenvalue weighted by molar-refractivity contribution is -0.0189. The van der Waals surface area contributed by atoms with Gasteiger partial charge >= 0.3 is 5.97 Å². The van der Waals surface area contributed by atoms with Crippen molar-refractivity contribution in [2.45, 2.75) is 56.4 Å². The normalized spacial score (nSPS) is 18.4. The Hall–Kier alpha value is -8.87. The molecule has 0 amide bonds. The van der Waals surface area contributed by atoms with Gasteiger partial charge in [-0.3, -0.25) is 9.80 Å². The Balaban J connectivity index is 0.000000189. The van der Waals surface area contributed by atoms with Crippen molar-refractivity contribution in [3.63, 3.8) is 0 Å². The fourth-order valence-electron chi connectivity index (χ4n) is 10.8. The van der Waals surface area contributed by atoms with Gasteiger partial charge in [0, 0.05) is 60.4 Å². The minimum atomic E-state index is -1.06. The Bertz CT molecular complexity index is 3400. The molecule has 7 aromatic carbocycles. The van der Waals surface area contributed by atoms with E-state index in [4.69, 9.17) is 37.9 Å². The zero-order valence-corrected chi connectivity index (χ0v) is 43.8. The molecule has 0 radical (unpaired) electrons. The van der Waals surface area contributed by atoms with Crippen molar-refractivity contribution in [1.29, 1.82) is 0 Å². The average Bonchev–Trinajstić information content (AvgIpc) is 3.61. The second-order valence-electron chi connectivity index (χ2n) is 19.7. The van der Waals surface area contributed by atoms with Crippen molar-refractivity contribution in [2.75, 3.05) is 55.6 Å². The fourth-order valence-corrected chi connectivity index (χ4v) is 10.8. The lowest BCUT2D eigenvalue weighted by Crippen LogP contribution is -2.34. The van der Waals surface area contributed by atoms with Crippen molar-refractivity contribution in [1.82, 2.24) is 9.80 Å². The van der Waals surface area contributed by atoms with E-state index < -0.39 is 41.2 Å². The summed E-state index contributed by atoms with van der Waals surface area (Å²) >= 11 is 0. The number of carbonyl (C=O) groups is 1. The number of phenolic OH excluding ortho intramolecular Hbond substituents is 7. The van der Waals surface area contributed by atoms with E-state index in [0.29, 0.717) is 45.8 Å². The number of hydrogen-bond acceptors (Lipinski definition) is 18. The first-order valence-electron chi connectivity index (χ1n) is 25.2. The summed E-state index contributed by atoms with van der Waals surface area (Å²) in [6.45, 7) is 1.86. The molecule has 78 heavy (non-hydrogen) atoms. The van der Waals surface area contributed by atoms with Crippen molar-refractivity contribution in [2.24, 2.45) is 0 Å². The molecular weight excluding hydrogens is 1000 g/mol. The Morgan fingerprint density at radius 2 is 1.22 bits per heavy atom. The lowest BCUT2D eigenvalue weighted by atomic mass is 9.87. The number of carbonyl (C=O) groups excluding carboxylic acids is 1. The molecule has 12 rings (SSSR count). The number of aromatic hydroxyl groups is 7. The number of phenols is 7. The van der Waals surface area contributed by atoms with Crippen molar-refractivity contribution >= 4 is 5.97 Å². The van der Waals surface area contributed by atoms with Crippen molar-refractivity contribution in [3.05, 3.63) is 153 Å². The molecule has 7 aromatic rings. The number of likely N-dealkylation sites (N-methyl/N-ethyl adjacent to an activating group) is 2. The van der Waals surface area contributed by atoms with Gasteiger partial charge in [-0.2, -0.15) is 0 Å². The molecule has 18 nitrogen and oxygen atoms in total. The summed E-state index contributed by atoms with van der Waals surface area (Å²) in [5.74, 6) is 0.980. The molecule has 0 fully saturated rings. The topological polar surface area (TPSA) is 239 Å². The third-order valence-electron chi connectivity index (χ3n) is 14.9. The Kier molecular flexibility index (Phi) is 14.6. The van der Waals surface area contributed by atoms with Gasteiger partial charge in [0.2, 0.25) is 5.75 Å². The van der Waals surface area contributed by atoms with E-state index in [-0.39, 0.29) is 52.6 Å². The van der Waals surface area contributed by atoms with Gasteiger partial charge in [0.15, 0.2) is 69.3 Å². The van der Waals surface area contributed by atoms with E-state index in [0.717, 1.165) is 73.8 Å². The zero-order chi connectivity index (χ0) is 55.1. The first-order chi connectivity index (χ1) is 37.5. The number of benzene rings is 7. The number of fused-ring (bicyclic) bond motifs is 3. The summed E-state index contributed by atoms with van der Waals surface area (Å²) in [4.78, 5) is 17.5. The van der Waals surface area contributed by atoms with Crippen LogP contribution in [-0.2, 0) is 36.8 Å². The van der Waals surface area contributed by atoms with E-state index in [1.165, 1.54) is 46.5 Å². The molecule has 5 heterocycles. The van der Waals surface area contributed by atoms with Crippen LogP contribution in [0.25, 0.3) is 0 Å². The van der Waals surface area contributed by atoms with Gasteiger partial charge in [-0.05, 0) is 134 Å². The minimum Gasteiger partial charge on any atom is -0.508 e. The quantitative estimate of drug-likeness (QED) is 0.0581. The van der Waals surface area contributed by atoms with Crippen molar-refractivity contribution in [3.8, 4) is 92.0 Å². The Labute approximate surface area is 449 Å². The van der Waals surface area contributed by atoms with Crippen LogP contribution in [0, 0.1) is 0 Å². The lowest BCUT2D eigenvalue weighted by Gasteiger charge is -2.37. The van der Waals surface area contributed by atoms with E-state index in [9.17, 15) is 40.5 Å². The molecule has 0 aliphatic carbocycles. The predicted molar refractivity (Wildman–Crippen MR) is 285 cm³/mol. The van der Waals surface area contributed by atoms with Crippen LogP contribution < -0.4 is 33.2 Å². The van der Waals surface area contributed by atoms with E-state index in [1.54, 1.807) is 28.4 Å². The summed E-state index contributed by atoms with van der Waals surface area (Å²) in [7, 11) is 11.1.